The largest absolute Gasteiger partial charge is 0.366 e. The number of rotatable bonds is 2. The Morgan fingerprint density at radius 2 is 2.12 bits per heavy atom. The standard InChI is InChI=1S/C13H12N2O/c1-9-3-2-4-10(7-9)12-8-15-6-5-11(12)13(14)16/h2-8H,1H3,(H2,14,16). The normalized spacial score (nSPS) is 10.1. The van der Waals surface area contributed by atoms with Crippen molar-refractivity contribution in [3.63, 3.8) is 0 Å². The lowest BCUT2D eigenvalue weighted by Gasteiger charge is -2.06. The summed E-state index contributed by atoms with van der Waals surface area (Å²) < 4.78 is 0. The second kappa shape index (κ2) is 4.14. The molecule has 2 aromatic rings. The molecule has 0 bridgehead atoms. The Bertz CT molecular complexity index is 535. The molecule has 0 fully saturated rings. The number of nitrogens with two attached hydrogens (primary N) is 1. The molecule has 0 saturated carbocycles. The molecule has 0 aliphatic heterocycles. The lowest BCUT2D eigenvalue weighted by molar-refractivity contribution is 0.100. The average Bonchev–Trinajstić information content (AvgIpc) is 2.29. The number of aromatic nitrogens is 1. The Balaban J connectivity index is 2.60. The zero-order chi connectivity index (χ0) is 11.5. The Labute approximate surface area is 93.9 Å². The van der Waals surface area contributed by atoms with Gasteiger partial charge in [0.25, 0.3) is 0 Å². The molecule has 3 heteroatoms. The Morgan fingerprint density at radius 3 is 2.81 bits per heavy atom. The van der Waals surface area contributed by atoms with Gasteiger partial charge in [0, 0.05) is 23.5 Å². The quantitative estimate of drug-likeness (QED) is 0.829. The van der Waals surface area contributed by atoms with Gasteiger partial charge in [0.05, 0.1) is 0 Å². The molecule has 1 amide bonds. The van der Waals surface area contributed by atoms with Crippen LogP contribution in [0.25, 0.3) is 11.1 Å². The molecule has 0 unspecified atom stereocenters. The van der Waals surface area contributed by atoms with Crippen LogP contribution >= 0.6 is 0 Å². The van der Waals surface area contributed by atoms with Crippen molar-refractivity contribution in [1.29, 1.82) is 0 Å². The molecular weight excluding hydrogens is 200 g/mol. The minimum atomic E-state index is -0.432. The first-order valence-corrected chi connectivity index (χ1v) is 4.99. The van der Waals surface area contributed by atoms with E-state index in [2.05, 4.69) is 4.98 Å². The molecule has 1 heterocycles. The van der Waals surface area contributed by atoms with E-state index in [1.807, 2.05) is 31.2 Å². The van der Waals surface area contributed by atoms with Crippen LogP contribution in [-0.4, -0.2) is 10.9 Å². The molecule has 1 aromatic carbocycles. The lowest BCUT2D eigenvalue weighted by atomic mass is 10.0. The van der Waals surface area contributed by atoms with E-state index in [-0.39, 0.29) is 0 Å². The predicted octanol–water partition coefficient (Wildman–Crippen LogP) is 2.16. The first kappa shape index (κ1) is 10.4. The lowest BCUT2D eigenvalue weighted by Crippen LogP contribution is -2.12. The van der Waals surface area contributed by atoms with E-state index in [0.717, 1.165) is 16.7 Å². The summed E-state index contributed by atoms with van der Waals surface area (Å²) in [5.41, 5.74) is 8.70. The van der Waals surface area contributed by atoms with Crippen LogP contribution in [-0.2, 0) is 0 Å². The van der Waals surface area contributed by atoms with E-state index in [9.17, 15) is 4.79 Å². The number of primary amides is 1. The molecule has 16 heavy (non-hydrogen) atoms. The van der Waals surface area contributed by atoms with Crippen molar-refractivity contribution in [3.05, 3.63) is 53.9 Å². The van der Waals surface area contributed by atoms with Gasteiger partial charge in [-0.05, 0) is 18.6 Å². The molecule has 0 radical (unpaired) electrons. The van der Waals surface area contributed by atoms with Gasteiger partial charge in [0.15, 0.2) is 0 Å². The highest BCUT2D eigenvalue weighted by Crippen LogP contribution is 2.23. The van der Waals surface area contributed by atoms with E-state index in [1.54, 1.807) is 18.5 Å². The van der Waals surface area contributed by atoms with Crippen molar-refractivity contribution in [1.82, 2.24) is 4.98 Å². The third kappa shape index (κ3) is 1.93. The van der Waals surface area contributed by atoms with E-state index in [4.69, 9.17) is 5.73 Å². The second-order valence-corrected chi connectivity index (χ2v) is 3.65. The van der Waals surface area contributed by atoms with Crippen molar-refractivity contribution in [2.24, 2.45) is 5.73 Å². The summed E-state index contributed by atoms with van der Waals surface area (Å²) in [6, 6.07) is 9.53. The van der Waals surface area contributed by atoms with Crippen molar-refractivity contribution in [3.8, 4) is 11.1 Å². The zero-order valence-electron chi connectivity index (χ0n) is 8.97. The van der Waals surface area contributed by atoms with Crippen LogP contribution in [0.3, 0.4) is 0 Å². The minimum Gasteiger partial charge on any atom is -0.366 e. The van der Waals surface area contributed by atoms with Crippen molar-refractivity contribution < 1.29 is 4.79 Å². The van der Waals surface area contributed by atoms with Crippen LogP contribution in [0.2, 0.25) is 0 Å². The summed E-state index contributed by atoms with van der Waals surface area (Å²) in [7, 11) is 0. The molecule has 0 aliphatic rings. The van der Waals surface area contributed by atoms with Gasteiger partial charge in [-0.25, -0.2) is 0 Å². The van der Waals surface area contributed by atoms with Gasteiger partial charge in [-0.3, -0.25) is 9.78 Å². The molecule has 1 aromatic heterocycles. The van der Waals surface area contributed by atoms with Crippen LogP contribution in [0.4, 0.5) is 0 Å². The van der Waals surface area contributed by atoms with E-state index in [0.29, 0.717) is 5.56 Å². The fourth-order valence-corrected chi connectivity index (χ4v) is 1.65. The van der Waals surface area contributed by atoms with Crippen molar-refractivity contribution in [2.75, 3.05) is 0 Å². The van der Waals surface area contributed by atoms with Gasteiger partial charge >= 0.3 is 0 Å². The Hall–Kier alpha value is -2.16. The molecule has 0 saturated heterocycles. The number of benzene rings is 1. The first-order chi connectivity index (χ1) is 7.68. The number of hydrogen-bond acceptors (Lipinski definition) is 2. The second-order valence-electron chi connectivity index (χ2n) is 3.65. The summed E-state index contributed by atoms with van der Waals surface area (Å²) >= 11 is 0. The predicted molar refractivity (Wildman–Crippen MR) is 62.9 cm³/mol. The molecular formula is C13H12N2O. The molecule has 0 spiro atoms. The SMILES string of the molecule is Cc1cccc(-c2cnccc2C(N)=O)c1. The van der Waals surface area contributed by atoms with Gasteiger partial charge in [0.1, 0.15) is 0 Å². The maximum absolute atomic E-state index is 11.3. The number of hydrogen-bond donors (Lipinski definition) is 1. The zero-order valence-corrected chi connectivity index (χ0v) is 8.97. The minimum absolute atomic E-state index is 0.432. The summed E-state index contributed by atoms with van der Waals surface area (Å²) in [4.78, 5) is 15.3. The summed E-state index contributed by atoms with van der Waals surface area (Å²) in [6.45, 7) is 2.00. The van der Waals surface area contributed by atoms with Gasteiger partial charge in [-0.1, -0.05) is 29.8 Å². The van der Waals surface area contributed by atoms with Crippen LogP contribution in [0.15, 0.2) is 42.7 Å². The van der Waals surface area contributed by atoms with Crippen LogP contribution in [0, 0.1) is 6.92 Å². The maximum atomic E-state index is 11.3. The summed E-state index contributed by atoms with van der Waals surface area (Å²) in [5.74, 6) is -0.432. The number of carbonyl (C=O) groups is 1. The van der Waals surface area contributed by atoms with E-state index in [1.165, 1.54) is 0 Å². The molecule has 2 N–H and O–H groups in total. The van der Waals surface area contributed by atoms with Crippen LogP contribution in [0.5, 0.6) is 0 Å². The topological polar surface area (TPSA) is 56.0 Å². The Morgan fingerprint density at radius 1 is 1.31 bits per heavy atom. The van der Waals surface area contributed by atoms with Gasteiger partial charge in [-0.2, -0.15) is 0 Å². The highest BCUT2D eigenvalue weighted by molar-refractivity contribution is 5.99. The summed E-state index contributed by atoms with van der Waals surface area (Å²) in [5, 5.41) is 0. The molecule has 2 rings (SSSR count). The fraction of sp³-hybridized carbons (Fsp3) is 0.0769. The highest BCUT2D eigenvalue weighted by atomic mass is 16.1. The molecule has 3 nitrogen and oxygen atoms in total. The molecule has 0 aliphatic carbocycles. The van der Waals surface area contributed by atoms with Crippen molar-refractivity contribution in [2.45, 2.75) is 6.92 Å². The third-order valence-corrected chi connectivity index (χ3v) is 2.42. The smallest absolute Gasteiger partial charge is 0.249 e. The molecule has 0 atom stereocenters. The van der Waals surface area contributed by atoms with Gasteiger partial charge < -0.3 is 5.73 Å². The third-order valence-electron chi connectivity index (χ3n) is 2.42. The highest BCUT2D eigenvalue weighted by Gasteiger charge is 2.09. The van der Waals surface area contributed by atoms with Gasteiger partial charge in [-0.15, -0.1) is 0 Å². The Kier molecular flexibility index (Phi) is 2.68. The van der Waals surface area contributed by atoms with E-state index < -0.39 is 5.91 Å². The number of carbonyl (C=O) groups excluding carboxylic acids is 1. The average molecular weight is 212 g/mol. The number of nitrogens with zero attached hydrogens (tertiary/aromatic N) is 1. The van der Waals surface area contributed by atoms with Crippen LogP contribution in [0.1, 0.15) is 15.9 Å². The number of aryl methyl sites for hydroxylation is 1. The molecule has 80 valence electrons. The van der Waals surface area contributed by atoms with E-state index >= 15 is 0 Å². The van der Waals surface area contributed by atoms with Gasteiger partial charge in [0.2, 0.25) is 5.91 Å². The monoisotopic (exact) mass is 212 g/mol. The van der Waals surface area contributed by atoms with Crippen molar-refractivity contribution >= 4 is 5.91 Å². The summed E-state index contributed by atoms with van der Waals surface area (Å²) in [6.07, 6.45) is 3.23. The van der Waals surface area contributed by atoms with Crippen LogP contribution < -0.4 is 5.73 Å². The number of amides is 1. The first-order valence-electron chi connectivity index (χ1n) is 4.99. The number of pyridine rings is 1. The fourth-order valence-electron chi connectivity index (χ4n) is 1.65. The maximum Gasteiger partial charge on any atom is 0.249 e.